The number of furan rings is 1. The quantitative estimate of drug-likeness (QED) is 0.562. The van der Waals surface area contributed by atoms with Crippen LogP contribution in [0.3, 0.4) is 0 Å². The second-order valence-electron chi connectivity index (χ2n) is 6.20. The van der Waals surface area contributed by atoms with Gasteiger partial charge in [-0.2, -0.15) is 4.98 Å². The van der Waals surface area contributed by atoms with Gasteiger partial charge in [-0.1, -0.05) is 29.4 Å². The Kier molecular flexibility index (Phi) is 4.65. The van der Waals surface area contributed by atoms with Crippen LogP contribution in [0.25, 0.3) is 22.5 Å². The van der Waals surface area contributed by atoms with Crippen molar-refractivity contribution in [2.45, 2.75) is 25.8 Å². The summed E-state index contributed by atoms with van der Waals surface area (Å²) in [4.78, 5) is 20.7. The Morgan fingerprint density at radius 1 is 1.19 bits per heavy atom. The van der Waals surface area contributed by atoms with Gasteiger partial charge in [0.05, 0.1) is 6.04 Å². The third kappa shape index (κ3) is 3.87. The number of pyridine rings is 1. The highest BCUT2D eigenvalue weighted by Gasteiger charge is 2.16. The van der Waals surface area contributed by atoms with Gasteiger partial charge >= 0.3 is 0 Å². The minimum Gasteiger partial charge on any atom is -0.459 e. The summed E-state index contributed by atoms with van der Waals surface area (Å²) >= 11 is 0. The van der Waals surface area contributed by atoms with Crippen molar-refractivity contribution in [3.8, 4) is 11.5 Å². The van der Waals surface area contributed by atoms with Crippen LogP contribution < -0.4 is 5.32 Å². The van der Waals surface area contributed by atoms with Crippen molar-refractivity contribution in [3.05, 3.63) is 66.4 Å². The summed E-state index contributed by atoms with van der Waals surface area (Å²) < 4.78 is 11.0. The molecule has 3 aromatic heterocycles. The molecule has 0 aliphatic heterocycles. The third-order valence-corrected chi connectivity index (χ3v) is 4.18. The standard InChI is InChI=1S/C20H18N4O3/c1-13(17-12-14-6-2-3-8-16(14)26-17)22-18(25)9-10-19-23-20(24-27-19)15-7-4-5-11-21-15/h2-8,11-13H,9-10H2,1H3,(H,22,25). The van der Waals surface area contributed by atoms with Crippen LogP contribution in [0.2, 0.25) is 0 Å². The highest BCUT2D eigenvalue weighted by atomic mass is 16.5. The van der Waals surface area contributed by atoms with Gasteiger partial charge in [-0.05, 0) is 31.2 Å². The topological polar surface area (TPSA) is 94.1 Å². The zero-order valence-electron chi connectivity index (χ0n) is 14.8. The molecule has 1 N–H and O–H groups in total. The molecule has 0 radical (unpaired) electrons. The predicted molar refractivity (Wildman–Crippen MR) is 98.6 cm³/mol. The van der Waals surface area contributed by atoms with E-state index in [0.29, 0.717) is 23.8 Å². The van der Waals surface area contributed by atoms with Crippen LogP contribution in [0.4, 0.5) is 0 Å². The number of aromatic nitrogens is 3. The third-order valence-electron chi connectivity index (χ3n) is 4.18. The van der Waals surface area contributed by atoms with E-state index >= 15 is 0 Å². The number of nitrogens with zero attached hydrogens (tertiary/aromatic N) is 3. The number of amides is 1. The lowest BCUT2D eigenvalue weighted by atomic mass is 10.2. The van der Waals surface area contributed by atoms with Crippen molar-refractivity contribution in [2.75, 3.05) is 0 Å². The summed E-state index contributed by atoms with van der Waals surface area (Å²) in [5, 5.41) is 7.85. The maximum absolute atomic E-state index is 12.2. The van der Waals surface area contributed by atoms with E-state index in [1.807, 2.05) is 49.4 Å². The molecule has 0 saturated heterocycles. The molecule has 27 heavy (non-hydrogen) atoms. The monoisotopic (exact) mass is 362 g/mol. The Balaban J connectivity index is 1.33. The number of benzene rings is 1. The van der Waals surface area contributed by atoms with Crippen LogP contribution in [0.15, 0.2) is 63.7 Å². The van der Waals surface area contributed by atoms with Crippen LogP contribution >= 0.6 is 0 Å². The molecule has 0 aliphatic rings. The van der Waals surface area contributed by atoms with E-state index in [1.54, 1.807) is 12.3 Å². The van der Waals surface area contributed by atoms with Gasteiger partial charge < -0.3 is 14.3 Å². The molecule has 4 rings (SSSR count). The first-order chi connectivity index (χ1) is 13.2. The molecule has 0 fully saturated rings. The second kappa shape index (κ2) is 7.41. The molecule has 1 atom stereocenters. The highest BCUT2D eigenvalue weighted by molar-refractivity contribution is 5.79. The molecule has 0 bridgehead atoms. The Bertz CT molecular complexity index is 1020. The molecule has 1 aromatic carbocycles. The van der Waals surface area contributed by atoms with Gasteiger partial charge in [0.15, 0.2) is 0 Å². The number of fused-ring (bicyclic) bond motifs is 1. The van der Waals surface area contributed by atoms with Gasteiger partial charge in [-0.3, -0.25) is 9.78 Å². The summed E-state index contributed by atoms with van der Waals surface area (Å²) in [5.74, 6) is 1.43. The largest absolute Gasteiger partial charge is 0.459 e. The van der Waals surface area contributed by atoms with Gasteiger partial charge in [-0.25, -0.2) is 0 Å². The molecular formula is C20H18N4O3. The molecule has 3 heterocycles. The minimum atomic E-state index is -0.225. The number of aryl methyl sites for hydroxylation is 1. The number of hydrogen-bond acceptors (Lipinski definition) is 6. The first-order valence-electron chi connectivity index (χ1n) is 8.71. The first kappa shape index (κ1) is 17.0. The lowest BCUT2D eigenvalue weighted by Crippen LogP contribution is -2.26. The van der Waals surface area contributed by atoms with Crippen LogP contribution in [-0.2, 0) is 11.2 Å². The number of nitrogens with one attached hydrogen (secondary N) is 1. The molecular weight excluding hydrogens is 344 g/mol. The molecule has 7 nitrogen and oxygen atoms in total. The van der Waals surface area contributed by atoms with Gasteiger partial charge in [-0.15, -0.1) is 0 Å². The molecule has 7 heteroatoms. The summed E-state index contributed by atoms with van der Waals surface area (Å²) in [6.07, 6.45) is 2.27. The Morgan fingerprint density at radius 3 is 2.85 bits per heavy atom. The molecule has 4 aromatic rings. The smallest absolute Gasteiger partial charge is 0.227 e. The maximum atomic E-state index is 12.2. The average Bonchev–Trinajstić information content (AvgIpc) is 3.34. The first-order valence-corrected chi connectivity index (χ1v) is 8.71. The number of carbonyl (C=O) groups excluding carboxylic acids is 1. The summed E-state index contributed by atoms with van der Waals surface area (Å²) in [6, 6.07) is 14.9. The van der Waals surface area contributed by atoms with Crippen molar-refractivity contribution in [3.63, 3.8) is 0 Å². The van der Waals surface area contributed by atoms with E-state index in [4.69, 9.17) is 8.94 Å². The fourth-order valence-corrected chi connectivity index (χ4v) is 2.78. The van der Waals surface area contributed by atoms with Crippen LogP contribution in [0.5, 0.6) is 0 Å². The normalized spacial score (nSPS) is 12.2. The molecule has 136 valence electrons. The zero-order chi connectivity index (χ0) is 18.6. The average molecular weight is 362 g/mol. The van der Waals surface area contributed by atoms with Crippen LogP contribution in [-0.4, -0.2) is 21.0 Å². The Hall–Kier alpha value is -3.48. The fraction of sp³-hybridized carbons (Fsp3) is 0.200. The van der Waals surface area contributed by atoms with Gasteiger partial charge in [0.1, 0.15) is 17.0 Å². The second-order valence-corrected chi connectivity index (χ2v) is 6.20. The van der Waals surface area contributed by atoms with Crippen LogP contribution in [0, 0.1) is 0 Å². The van der Waals surface area contributed by atoms with Crippen molar-refractivity contribution >= 4 is 16.9 Å². The van der Waals surface area contributed by atoms with Crippen molar-refractivity contribution in [2.24, 2.45) is 0 Å². The zero-order valence-corrected chi connectivity index (χ0v) is 14.8. The molecule has 0 aliphatic carbocycles. The minimum absolute atomic E-state index is 0.111. The SMILES string of the molecule is CC(NC(=O)CCc1nc(-c2ccccn2)no1)c1cc2ccccc2o1. The number of para-hydroxylation sites is 1. The van der Waals surface area contributed by atoms with Gasteiger partial charge in [0.25, 0.3) is 0 Å². The van der Waals surface area contributed by atoms with Crippen molar-refractivity contribution in [1.29, 1.82) is 0 Å². The van der Waals surface area contributed by atoms with E-state index in [9.17, 15) is 4.79 Å². The highest BCUT2D eigenvalue weighted by Crippen LogP contribution is 2.23. The molecule has 0 saturated carbocycles. The lowest BCUT2D eigenvalue weighted by Gasteiger charge is -2.10. The maximum Gasteiger partial charge on any atom is 0.227 e. The molecule has 1 unspecified atom stereocenters. The van der Waals surface area contributed by atoms with E-state index in [0.717, 1.165) is 16.7 Å². The van der Waals surface area contributed by atoms with E-state index in [1.165, 1.54) is 0 Å². The number of hydrogen-bond donors (Lipinski definition) is 1. The number of carbonyl (C=O) groups is 1. The summed E-state index contributed by atoms with van der Waals surface area (Å²) in [7, 11) is 0. The molecule has 1 amide bonds. The van der Waals surface area contributed by atoms with Crippen LogP contribution in [0.1, 0.15) is 31.0 Å². The van der Waals surface area contributed by atoms with Crippen molar-refractivity contribution < 1.29 is 13.7 Å². The Morgan fingerprint density at radius 2 is 2.04 bits per heavy atom. The Labute approximate surface area is 155 Å². The van der Waals surface area contributed by atoms with E-state index in [-0.39, 0.29) is 18.4 Å². The van der Waals surface area contributed by atoms with Gasteiger partial charge in [0.2, 0.25) is 17.6 Å². The summed E-state index contributed by atoms with van der Waals surface area (Å²) in [6.45, 7) is 1.89. The summed E-state index contributed by atoms with van der Waals surface area (Å²) in [5.41, 5.74) is 1.44. The van der Waals surface area contributed by atoms with Crippen molar-refractivity contribution in [1.82, 2.24) is 20.4 Å². The lowest BCUT2D eigenvalue weighted by molar-refractivity contribution is -0.121. The van der Waals surface area contributed by atoms with E-state index in [2.05, 4.69) is 20.4 Å². The fourth-order valence-electron chi connectivity index (χ4n) is 2.78. The molecule has 0 spiro atoms. The van der Waals surface area contributed by atoms with Gasteiger partial charge in [0, 0.05) is 24.4 Å². The predicted octanol–water partition coefficient (Wildman–Crippen LogP) is 3.69. The number of rotatable bonds is 6. The van der Waals surface area contributed by atoms with E-state index < -0.39 is 0 Å².